The molecule has 0 saturated carbocycles. The summed E-state index contributed by atoms with van der Waals surface area (Å²) in [7, 11) is 1.58. The van der Waals surface area contributed by atoms with Crippen LogP contribution in [0.15, 0.2) is 71.3 Å². The zero-order chi connectivity index (χ0) is 19.7. The van der Waals surface area contributed by atoms with Gasteiger partial charge in [-0.3, -0.25) is 9.20 Å². The van der Waals surface area contributed by atoms with Crippen LogP contribution in [0.1, 0.15) is 15.9 Å². The van der Waals surface area contributed by atoms with Gasteiger partial charge in [-0.15, -0.1) is 0 Å². The van der Waals surface area contributed by atoms with Crippen molar-refractivity contribution >= 4 is 33.3 Å². The molecule has 5 nitrogen and oxygen atoms in total. The first-order chi connectivity index (χ1) is 13.6. The first-order valence-corrected chi connectivity index (χ1v) is 9.56. The molecule has 0 saturated heterocycles. The summed E-state index contributed by atoms with van der Waals surface area (Å²) in [5, 5.41) is 3.04. The van der Waals surface area contributed by atoms with Gasteiger partial charge in [0.15, 0.2) is 0 Å². The minimum atomic E-state index is -0.244. The van der Waals surface area contributed by atoms with Crippen LogP contribution in [-0.4, -0.2) is 22.4 Å². The number of methoxy groups -OCH3 is 1. The summed E-state index contributed by atoms with van der Waals surface area (Å²) in [5.74, 6) is 1.00. The van der Waals surface area contributed by atoms with E-state index >= 15 is 0 Å². The summed E-state index contributed by atoms with van der Waals surface area (Å²) in [6, 6.07) is 19.1. The van der Waals surface area contributed by atoms with Gasteiger partial charge in [-0.25, -0.2) is 4.98 Å². The van der Waals surface area contributed by atoms with Crippen molar-refractivity contribution in [1.82, 2.24) is 9.38 Å². The van der Waals surface area contributed by atoms with Gasteiger partial charge in [0.05, 0.1) is 12.7 Å². The Morgan fingerprint density at radius 3 is 2.64 bits per heavy atom. The SMILES string of the molecule is COc1ccc(Br)c(C(=O)Nc2c(-c3ccccc3)nc3c(C)cccn23)c1. The number of nitrogens with zero attached hydrogens (tertiary/aromatic N) is 2. The van der Waals surface area contributed by atoms with E-state index in [-0.39, 0.29) is 5.91 Å². The molecule has 0 unspecified atom stereocenters. The average molecular weight is 436 g/mol. The number of anilines is 1. The predicted molar refractivity (Wildman–Crippen MR) is 114 cm³/mol. The molecule has 0 radical (unpaired) electrons. The highest BCUT2D eigenvalue weighted by molar-refractivity contribution is 9.10. The van der Waals surface area contributed by atoms with Crippen LogP contribution in [0.25, 0.3) is 16.9 Å². The number of hydrogen-bond acceptors (Lipinski definition) is 3. The molecule has 1 amide bonds. The molecule has 4 aromatic rings. The van der Waals surface area contributed by atoms with Gasteiger partial charge in [0.25, 0.3) is 5.91 Å². The highest BCUT2D eigenvalue weighted by Crippen LogP contribution is 2.31. The summed E-state index contributed by atoms with van der Waals surface area (Å²) in [6.45, 7) is 2.00. The minimum Gasteiger partial charge on any atom is -0.497 e. The molecule has 2 heterocycles. The normalized spacial score (nSPS) is 10.8. The van der Waals surface area contributed by atoms with Gasteiger partial charge >= 0.3 is 0 Å². The molecule has 0 aliphatic carbocycles. The minimum absolute atomic E-state index is 0.244. The molecule has 28 heavy (non-hydrogen) atoms. The zero-order valence-corrected chi connectivity index (χ0v) is 17.0. The van der Waals surface area contributed by atoms with Gasteiger partial charge in [0.2, 0.25) is 0 Å². The molecule has 0 fully saturated rings. The maximum absolute atomic E-state index is 13.1. The van der Waals surface area contributed by atoms with Gasteiger partial charge < -0.3 is 10.1 Å². The largest absolute Gasteiger partial charge is 0.497 e. The summed E-state index contributed by atoms with van der Waals surface area (Å²) in [6.07, 6.45) is 1.90. The number of ether oxygens (including phenoxy) is 1. The third-order valence-corrected chi connectivity index (χ3v) is 5.23. The monoisotopic (exact) mass is 435 g/mol. The van der Waals surface area contributed by atoms with Crippen molar-refractivity contribution in [2.24, 2.45) is 0 Å². The molecule has 2 aromatic heterocycles. The number of hydrogen-bond donors (Lipinski definition) is 1. The van der Waals surface area contributed by atoms with Crippen molar-refractivity contribution in [2.45, 2.75) is 6.92 Å². The molecule has 0 atom stereocenters. The van der Waals surface area contributed by atoms with E-state index in [1.807, 2.05) is 60.0 Å². The van der Waals surface area contributed by atoms with E-state index in [9.17, 15) is 4.79 Å². The number of amides is 1. The standard InChI is InChI=1S/C22H18BrN3O2/c1-14-7-6-12-26-20(14)24-19(15-8-4-3-5-9-15)21(26)25-22(27)17-13-16(28-2)10-11-18(17)23/h3-13H,1-2H3,(H,25,27). The van der Waals surface area contributed by atoms with Crippen LogP contribution in [0.3, 0.4) is 0 Å². The van der Waals surface area contributed by atoms with E-state index in [2.05, 4.69) is 21.2 Å². The van der Waals surface area contributed by atoms with E-state index < -0.39 is 0 Å². The Balaban J connectivity index is 1.84. The fourth-order valence-corrected chi connectivity index (χ4v) is 3.53. The summed E-state index contributed by atoms with van der Waals surface area (Å²) < 4.78 is 7.85. The molecular weight excluding hydrogens is 418 g/mol. The summed E-state index contributed by atoms with van der Waals surface area (Å²) >= 11 is 3.45. The quantitative estimate of drug-likeness (QED) is 0.470. The van der Waals surface area contributed by atoms with E-state index in [0.29, 0.717) is 21.6 Å². The van der Waals surface area contributed by atoms with Gasteiger partial charge in [-0.05, 0) is 52.7 Å². The fourth-order valence-electron chi connectivity index (χ4n) is 3.10. The Kier molecular flexibility index (Phi) is 4.88. The van der Waals surface area contributed by atoms with E-state index in [0.717, 1.165) is 22.5 Å². The predicted octanol–water partition coefficient (Wildman–Crippen LogP) is 5.33. The Bertz CT molecular complexity index is 1170. The van der Waals surface area contributed by atoms with Crippen molar-refractivity contribution in [1.29, 1.82) is 0 Å². The van der Waals surface area contributed by atoms with Crippen LogP contribution in [0.2, 0.25) is 0 Å². The average Bonchev–Trinajstić information content (AvgIpc) is 3.09. The molecule has 0 bridgehead atoms. The van der Waals surface area contributed by atoms with Crippen LogP contribution < -0.4 is 10.1 Å². The zero-order valence-electron chi connectivity index (χ0n) is 15.4. The lowest BCUT2D eigenvalue weighted by Crippen LogP contribution is -2.15. The Morgan fingerprint density at radius 2 is 1.89 bits per heavy atom. The number of carbonyl (C=O) groups is 1. The topological polar surface area (TPSA) is 55.6 Å². The van der Waals surface area contributed by atoms with Crippen LogP contribution in [0, 0.1) is 6.92 Å². The highest BCUT2D eigenvalue weighted by Gasteiger charge is 2.19. The second-order valence-electron chi connectivity index (χ2n) is 6.36. The molecular formula is C22H18BrN3O2. The highest BCUT2D eigenvalue weighted by atomic mass is 79.9. The number of benzene rings is 2. The van der Waals surface area contributed by atoms with Crippen molar-refractivity contribution in [3.05, 3.63) is 82.5 Å². The van der Waals surface area contributed by atoms with Gasteiger partial charge in [-0.1, -0.05) is 36.4 Å². The number of pyridine rings is 1. The number of aromatic nitrogens is 2. The number of fused-ring (bicyclic) bond motifs is 1. The summed E-state index contributed by atoms with van der Waals surface area (Å²) in [5.41, 5.74) is 3.98. The van der Waals surface area contributed by atoms with E-state index in [1.165, 1.54) is 0 Å². The van der Waals surface area contributed by atoms with Crippen LogP contribution >= 0.6 is 15.9 Å². The molecule has 0 spiro atoms. The number of nitrogens with one attached hydrogen (secondary N) is 1. The molecule has 0 aliphatic rings. The van der Waals surface area contributed by atoms with Gasteiger partial charge in [-0.2, -0.15) is 0 Å². The molecule has 6 heteroatoms. The van der Waals surface area contributed by atoms with Crippen LogP contribution in [0.5, 0.6) is 5.75 Å². The Labute approximate surface area is 171 Å². The Hall–Kier alpha value is -3.12. The maximum atomic E-state index is 13.1. The molecule has 0 aliphatic heterocycles. The summed E-state index contributed by atoms with van der Waals surface area (Å²) in [4.78, 5) is 17.9. The number of imidazole rings is 1. The van der Waals surface area contributed by atoms with E-state index in [4.69, 9.17) is 9.72 Å². The molecule has 1 N–H and O–H groups in total. The molecule has 140 valence electrons. The molecule has 2 aromatic carbocycles. The molecule has 4 rings (SSSR count). The first kappa shape index (κ1) is 18.3. The maximum Gasteiger partial charge on any atom is 0.258 e. The number of carbonyl (C=O) groups excluding carboxylic acids is 1. The van der Waals surface area contributed by atoms with E-state index in [1.54, 1.807) is 25.3 Å². The third-order valence-electron chi connectivity index (χ3n) is 4.54. The van der Waals surface area contributed by atoms with Crippen LogP contribution in [0.4, 0.5) is 5.82 Å². The first-order valence-electron chi connectivity index (χ1n) is 8.76. The van der Waals surface area contributed by atoms with Crippen molar-refractivity contribution in [3.63, 3.8) is 0 Å². The van der Waals surface area contributed by atoms with Gasteiger partial charge in [0, 0.05) is 16.2 Å². The number of rotatable bonds is 4. The second kappa shape index (κ2) is 7.48. The number of halogens is 1. The van der Waals surface area contributed by atoms with Crippen molar-refractivity contribution in [2.75, 3.05) is 12.4 Å². The van der Waals surface area contributed by atoms with Crippen molar-refractivity contribution in [3.8, 4) is 17.0 Å². The number of aryl methyl sites for hydroxylation is 1. The lowest BCUT2D eigenvalue weighted by molar-refractivity contribution is 0.102. The van der Waals surface area contributed by atoms with Crippen molar-refractivity contribution < 1.29 is 9.53 Å². The third kappa shape index (κ3) is 3.27. The lowest BCUT2D eigenvalue weighted by atomic mass is 10.1. The lowest BCUT2D eigenvalue weighted by Gasteiger charge is -2.10. The Morgan fingerprint density at radius 1 is 1.11 bits per heavy atom. The fraction of sp³-hybridized carbons (Fsp3) is 0.0909. The van der Waals surface area contributed by atoms with Crippen LogP contribution in [-0.2, 0) is 0 Å². The smallest absolute Gasteiger partial charge is 0.258 e. The van der Waals surface area contributed by atoms with Gasteiger partial charge in [0.1, 0.15) is 22.9 Å². The second-order valence-corrected chi connectivity index (χ2v) is 7.21.